The lowest BCUT2D eigenvalue weighted by Crippen LogP contribution is -1.97. The van der Waals surface area contributed by atoms with Gasteiger partial charge in [-0.1, -0.05) is 41.9 Å². The number of hydrogen-bond donors (Lipinski definition) is 1. The fraction of sp³-hybridized carbons (Fsp3) is 0.111. The molecule has 1 aromatic heterocycles. The van der Waals surface area contributed by atoms with Gasteiger partial charge in [0.05, 0.1) is 5.02 Å². The van der Waals surface area contributed by atoms with E-state index >= 15 is 0 Å². The van der Waals surface area contributed by atoms with E-state index in [1.54, 1.807) is 11.3 Å². The molecular formula is C18H14ClNS. The molecule has 2 aromatic carbocycles. The molecule has 21 heavy (non-hydrogen) atoms. The first kappa shape index (κ1) is 12.9. The zero-order valence-corrected chi connectivity index (χ0v) is 13.0. The van der Waals surface area contributed by atoms with Gasteiger partial charge in [-0.15, -0.1) is 11.3 Å². The zero-order chi connectivity index (χ0) is 14.2. The fourth-order valence-corrected chi connectivity index (χ4v) is 3.90. The number of hydrogen-bond acceptors (Lipinski definition) is 2. The van der Waals surface area contributed by atoms with Crippen molar-refractivity contribution in [3.8, 4) is 11.1 Å². The molecule has 0 saturated carbocycles. The van der Waals surface area contributed by atoms with Crippen molar-refractivity contribution >= 4 is 28.6 Å². The van der Waals surface area contributed by atoms with E-state index in [-0.39, 0.29) is 0 Å². The molecule has 1 heterocycles. The van der Waals surface area contributed by atoms with E-state index in [1.165, 1.54) is 32.8 Å². The van der Waals surface area contributed by atoms with Gasteiger partial charge in [-0.3, -0.25) is 0 Å². The summed E-state index contributed by atoms with van der Waals surface area (Å²) in [5.74, 6) is 0. The second-order valence-corrected chi connectivity index (χ2v) is 6.72. The molecule has 0 radical (unpaired) electrons. The molecule has 1 aliphatic carbocycles. The molecule has 1 aliphatic rings. The van der Waals surface area contributed by atoms with Crippen LogP contribution in [-0.2, 0) is 13.0 Å². The summed E-state index contributed by atoms with van der Waals surface area (Å²) in [6.45, 7) is 0.823. The Balaban J connectivity index is 1.56. The van der Waals surface area contributed by atoms with Gasteiger partial charge in [0, 0.05) is 22.5 Å². The number of rotatable bonds is 3. The molecular weight excluding hydrogens is 298 g/mol. The lowest BCUT2D eigenvalue weighted by molar-refractivity contribution is 1.18. The van der Waals surface area contributed by atoms with Crippen molar-refractivity contribution in [2.24, 2.45) is 0 Å². The maximum absolute atomic E-state index is 5.95. The summed E-state index contributed by atoms with van der Waals surface area (Å²) in [5, 5.41) is 6.27. The highest BCUT2D eigenvalue weighted by atomic mass is 35.5. The van der Waals surface area contributed by atoms with Gasteiger partial charge in [-0.25, -0.2) is 0 Å². The van der Waals surface area contributed by atoms with Crippen LogP contribution in [0.25, 0.3) is 11.1 Å². The Morgan fingerprint density at radius 2 is 1.86 bits per heavy atom. The minimum absolute atomic E-state index is 0.821. The van der Waals surface area contributed by atoms with Crippen LogP contribution in [0.5, 0.6) is 0 Å². The molecule has 0 aliphatic heterocycles. The number of halogens is 1. The van der Waals surface area contributed by atoms with Crippen molar-refractivity contribution in [1.29, 1.82) is 0 Å². The molecule has 1 nitrogen and oxygen atoms in total. The molecule has 3 aromatic rings. The minimum Gasteiger partial charge on any atom is -0.380 e. The monoisotopic (exact) mass is 311 g/mol. The summed E-state index contributed by atoms with van der Waals surface area (Å²) in [4.78, 5) is 1.25. The maximum atomic E-state index is 5.95. The van der Waals surface area contributed by atoms with Gasteiger partial charge in [0.25, 0.3) is 0 Å². The summed E-state index contributed by atoms with van der Waals surface area (Å²) in [6.07, 6.45) is 1.03. The molecule has 0 atom stereocenters. The third-order valence-electron chi connectivity index (χ3n) is 3.88. The quantitative estimate of drug-likeness (QED) is 0.520. The van der Waals surface area contributed by atoms with Gasteiger partial charge in [0.1, 0.15) is 0 Å². The van der Waals surface area contributed by atoms with Gasteiger partial charge in [0.15, 0.2) is 0 Å². The van der Waals surface area contributed by atoms with Crippen LogP contribution in [0.15, 0.2) is 53.9 Å². The number of nitrogens with one attached hydrogen (secondary N) is 1. The average molecular weight is 312 g/mol. The topological polar surface area (TPSA) is 12.0 Å². The van der Waals surface area contributed by atoms with Crippen molar-refractivity contribution in [2.45, 2.75) is 13.0 Å². The average Bonchev–Trinajstić information content (AvgIpc) is 3.07. The van der Waals surface area contributed by atoms with Crippen molar-refractivity contribution in [3.63, 3.8) is 0 Å². The highest BCUT2D eigenvalue weighted by molar-refractivity contribution is 7.10. The predicted octanol–water partition coefficient (Wildman–Crippen LogP) is 5.58. The maximum Gasteiger partial charge on any atom is 0.0516 e. The second-order valence-electron chi connectivity index (χ2n) is 5.29. The molecule has 104 valence electrons. The molecule has 0 bridgehead atoms. The van der Waals surface area contributed by atoms with Crippen LogP contribution in [0.4, 0.5) is 5.69 Å². The smallest absolute Gasteiger partial charge is 0.0516 e. The fourth-order valence-electron chi connectivity index (χ4n) is 2.89. The van der Waals surface area contributed by atoms with E-state index < -0.39 is 0 Å². The molecule has 0 saturated heterocycles. The first-order valence-electron chi connectivity index (χ1n) is 6.97. The van der Waals surface area contributed by atoms with Crippen LogP contribution in [0, 0.1) is 0 Å². The Morgan fingerprint density at radius 3 is 2.71 bits per heavy atom. The SMILES string of the molecule is Clc1csc(CNc2ccc3c(c2)Cc2ccccc2-3)c1. The molecule has 4 rings (SSSR count). The number of anilines is 1. The molecule has 0 fully saturated rings. The number of thiophene rings is 1. The van der Waals surface area contributed by atoms with Crippen LogP contribution >= 0.6 is 22.9 Å². The van der Waals surface area contributed by atoms with Crippen LogP contribution in [-0.4, -0.2) is 0 Å². The van der Waals surface area contributed by atoms with Gasteiger partial charge in [-0.05, 0) is 46.9 Å². The summed E-state index contributed by atoms with van der Waals surface area (Å²) in [6, 6.07) is 17.3. The van der Waals surface area contributed by atoms with Crippen molar-refractivity contribution < 1.29 is 0 Å². The first-order chi connectivity index (χ1) is 10.3. The zero-order valence-electron chi connectivity index (χ0n) is 11.4. The van der Waals surface area contributed by atoms with E-state index in [2.05, 4.69) is 47.8 Å². The van der Waals surface area contributed by atoms with E-state index in [0.29, 0.717) is 0 Å². The number of benzene rings is 2. The summed E-state index contributed by atoms with van der Waals surface area (Å²) < 4.78 is 0. The molecule has 1 N–H and O–H groups in total. The highest BCUT2D eigenvalue weighted by Crippen LogP contribution is 2.37. The Hall–Kier alpha value is -1.77. The summed E-state index contributed by atoms with van der Waals surface area (Å²) in [7, 11) is 0. The molecule has 3 heteroatoms. The first-order valence-corrected chi connectivity index (χ1v) is 8.23. The van der Waals surface area contributed by atoms with E-state index in [0.717, 1.165) is 18.0 Å². The Labute approximate surface area is 133 Å². The summed E-state index contributed by atoms with van der Waals surface area (Å²) in [5.41, 5.74) is 6.76. The summed E-state index contributed by atoms with van der Waals surface area (Å²) >= 11 is 7.64. The molecule has 0 spiro atoms. The third-order valence-corrected chi connectivity index (χ3v) is 5.17. The van der Waals surface area contributed by atoms with E-state index in [9.17, 15) is 0 Å². The standard InChI is InChI=1S/C18H14ClNS/c19-14-9-16(21-11-14)10-20-15-5-6-18-13(8-15)7-12-3-1-2-4-17(12)18/h1-6,8-9,11,20H,7,10H2. The molecule has 0 amide bonds. The number of fused-ring (bicyclic) bond motifs is 3. The minimum atomic E-state index is 0.821. The molecule has 0 unspecified atom stereocenters. The third kappa shape index (κ3) is 2.45. The second kappa shape index (κ2) is 5.21. The lowest BCUT2D eigenvalue weighted by Gasteiger charge is -2.07. The van der Waals surface area contributed by atoms with Crippen molar-refractivity contribution in [3.05, 3.63) is 74.9 Å². The predicted molar refractivity (Wildman–Crippen MR) is 91.3 cm³/mol. The van der Waals surface area contributed by atoms with Gasteiger partial charge < -0.3 is 5.32 Å². The van der Waals surface area contributed by atoms with E-state index in [4.69, 9.17) is 11.6 Å². The van der Waals surface area contributed by atoms with Crippen molar-refractivity contribution in [2.75, 3.05) is 5.32 Å². The highest BCUT2D eigenvalue weighted by Gasteiger charge is 2.17. The van der Waals surface area contributed by atoms with Crippen LogP contribution < -0.4 is 5.32 Å². The Kier molecular flexibility index (Phi) is 3.21. The van der Waals surface area contributed by atoms with Crippen molar-refractivity contribution in [1.82, 2.24) is 0 Å². The normalized spacial score (nSPS) is 12.0. The van der Waals surface area contributed by atoms with Gasteiger partial charge >= 0.3 is 0 Å². The largest absolute Gasteiger partial charge is 0.380 e. The van der Waals surface area contributed by atoms with Crippen LogP contribution in [0.3, 0.4) is 0 Å². The Morgan fingerprint density at radius 1 is 1.00 bits per heavy atom. The Bertz CT molecular complexity index is 806. The van der Waals surface area contributed by atoms with Gasteiger partial charge in [0.2, 0.25) is 0 Å². The lowest BCUT2D eigenvalue weighted by atomic mass is 10.1. The van der Waals surface area contributed by atoms with E-state index in [1.807, 2.05) is 11.4 Å². The van der Waals surface area contributed by atoms with Gasteiger partial charge in [-0.2, -0.15) is 0 Å². The van der Waals surface area contributed by atoms with Crippen LogP contribution in [0.2, 0.25) is 5.02 Å². The van der Waals surface area contributed by atoms with Crippen LogP contribution in [0.1, 0.15) is 16.0 Å².